The van der Waals surface area contributed by atoms with E-state index in [1.54, 1.807) is 30.3 Å². The van der Waals surface area contributed by atoms with Gasteiger partial charge < -0.3 is 34.6 Å². The summed E-state index contributed by atoms with van der Waals surface area (Å²) in [6, 6.07) is 15.0. The summed E-state index contributed by atoms with van der Waals surface area (Å²) >= 11 is 2.08. The topological polar surface area (TPSA) is 118 Å². The van der Waals surface area contributed by atoms with E-state index in [4.69, 9.17) is 14.2 Å². The molecule has 0 spiro atoms. The predicted molar refractivity (Wildman–Crippen MR) is 172 cm³/mol. The van der Waals surface area contributed by atoms with Gasteiger partial charge in [-0.15, -0.1) is 0 Å². The molecule has 2 amide bonds. The molecule has 0 aliphatic heterocycles. The zero-order valence-corrected chi connectivity index (χ0v) is 27.2. The first-order valence-electron chi connectivity index (χ1n) is 14.3. The van der Waals surface area contributed by atoms with Crippen molar-refractivity contribution in [2.75, 3.05) is 33.9 Å². The smallest absolute Gasteiger partial charge is 0.416 e. The maximum absolute atomic E-state index is 14.1. The van der Waals surface area contributed by atoms with Crippen LogP contribution in [0.3, 0.4) is 0 Å². The van der Waals surface area contributed by atoms with Gasteiger partial charge in [0.25, 0.3) is 5.91 Å². The number of halogens is 4. The molecule has 3 N–H and O–H groups in total. The van der Waals surface area contributed by atoms with Gasteiger partial charge in [-0.25, -0.2) is 0 Å². The number of carbonyl (C=O) groups is 2. The summed E-state index contributed by atoms with van der Waals surface area (Å²) < 4.78 is 57.6. The molecule has 0 saturated heterocycles. The van der Waals surface area contributed by atoms with Gasteiger partial charge in [-0.2, -0.15) is 13.2 Å². The van der Waals surface area contributed by atoms with Gasteiger partial charge in [0, 0.05) is 30.6 Å². The Labute approximate surface area is 278 Å². The average Bonchev–Trinajstić information content (AvgIpc) is 3.05. The molecule has 246 valence electrons. The van der Waals surface area contributed by atoms with Gasteiger partial charge >= 0.3 is 6.18 Å². The zero-order valence-electron chi connectivity index (χ0n) is 25.1. The van der Waals surface area contributed by atoms with Gasteiger partial charge in [0.05, 0.1) is 36.0 Å². The molecule has 1 aliphatic rings. The van der Waals surface area contributed by atoms with E-state index in [2.05, 4.69) is 27.9 Å². The fraction of sp³-hybridized carbons (Fsp3) is 0.333. The summed E-state index contributed by atoms with van der Waals surface area (Å²) in [6.07, 6.45) is -5.39. The third-order valence-corrected chi connectivity index (χ3v) is 8.44. The van der Waals surface area contributed by atoms with Crippen LogP contribution in [0.1, 0.15) is 27.9 Å². The van der Waals surface area contributed by atoms with Crippen LogP contribution in [0.15, 0.2) is 78.4 Å². The number of rotatable bonds is 12. The van der Waals surface area contributed by atoms with E-state index in [0.717, 1.165) is 27.8 Å². The van der Waals surface area contributed by atoms with Crippen molar-refractivity contribution in [3.63, 3.8) is 0 Å². The molecular weight excluding hydrogens is 720 g/mol. The molecule has 0 fully saturated rings. The first kappa shape index (κ1) is 35.0. The number of hydrogen-bond donors (Lipinski definition) is 3. The first-order valence-corrected chi connectivity index (χ1v) is 15.4. The standard InChI is InChI=1S/C33H34F3IN2O7/c1-44-24-11-12-27(45-2)21(17-24)13-15-39(32(43)20-7-9-23(10-8-20)33(34,35)36)26-18-22(31(42)38-14-16-40)19-29(30(26)41)46-28-6-4-3-5-25(28)37/h3-12,17,19,26,29-30,40-41H,13-16,18H2,1-2H3,(H,38,42)/t26-,29+,30+/m1/s1. The number of nitrogens with one attached hydrogen (secondary N) is 1. The van der Waals surface area contributed by atoms with Crippen LogP contribution in [-0.4, -0.2) is 79.1 Å². The highest BCUT2D eigenvalue weighted by Gasteiger charge is 2.41. The highest BCUT2D eigenvalue weighted by molar-refractivity contribution is 14.1. The Balaban J connectivity index is 1.75. The van der Waals surface area contributed by atoms with E-state index in [-0.39, 0.29) is 43.7 Å². The highest BCUT2D eigenvalue weighted by Crippen LogP contribution is 2.33. The molecule has 3 aromatic rings. The lowest BCUT2D eigenvalue weighted by Crippen LogP contribution is -2.55. The number of hydrogen-bond acceptors (Lipinski definition) is 7. The Morgan fingerprint density at radius 2 is 1.74 bits per heavy atom. The van der Waals surface area contributed by atoms with Crippen LogP contribution < -0.4 is 19.5 Å². The number of benzene rings is 3. The van der Waals surface area contributed by atoms with Crippen LogP contribution in [-0.2, 0) is 17.4 Å². The monoisotopic (exact) mass is 754 g/mol. The molecule has 0 saturated carbocycles. The Morgan fingerprint density at radius 3 is 2.37 bits per heavy atom. The number of aliphatic hydroxyl groups is 2. The van der Waals surface area contributed by atoms with Crippen molar-refractivity contribution in [3.8, 4) is 17.2 Å². The normalized spacial score (nSPS) is 17.9. The lowest BCUT2D eigenvalue weighted by molar-refractivity contribution is -0.137. The van der Waals surface area contributed by atoms with Crippen molar-refractivity contribution in [3.05, 3.63) is 98.6 Å². The second kappa shape index (κ2) is 15.6. The number of alkyl halides is 3. The van der Waals surface area contributed by atoms with Crippen molar-refractivity contribution in [1.82, 2.24) is 10.2 Å². The van der Waals surface area contributed by atoms with Gasteiger partial charge in [-0.1, -0.05) is 12.1 Å². The molecule has 0 radical (unpaired) electrons. The molecule has 3 atom stereocenters. The molecule has 3 aromatic carbocycles. The van der Waals surface area contributed by atoms with E-state index in [1.165, 1.54) is 25.2 Å². The molecule has 13 heteroatoms. The Kier molecular flexibility index (Phi) is 11.9. The van der Waals surface area contributed by atoms with Crippen molar-refractivity contribution in [1.29, 1.82) is 0 Å². The maximum atomic E-state index is 14.1. The van der Waals surface area contributed by atoms with E-state index in [0.29, 0.717) is 22.8 Å². The van der Waals surface area contributed by atoms with Gasteiger partial charge in [0.2, 0.25) is 5.91 Å². The summed E-state index contributed by atoms with van der Waals surface area (Å²) in [7, 11) is 3.00. The minimum Gasteiger partial charge on any atom is -0.497 e. The number of ether oxygens (including phenoxy) is 3. The summed E-state index contributed by atoms with van der Waals surface area (Å²) in [6.45, 7) is -0.324. The number of carbonyl (C=O) groups excluding carboxylic acids is 2. The summed E-state index contributed by atoms with van der Waals surface area (Å²) in [5, 5.41) is 23.6. The quantitative estimate of drug-likeness (QED) is 0.231. The van der Waals surface area contributed by atoms with Crippen molar-refractivity contribution in [2.24, 2.45) is 0 Å². The van der Waals surface area contributed by atoms with Gasteiger partial charge in [0.1, 0.15) is 29.5 Å². The van der Waals surface area contributed by atoms with Crippen molar-refractivity contribution >= 4 is 34.4 Å². The van der Waals surface area contributed by atoms with Crippen molar-refractivity contribution in [2.45, 2.75) is 37.3 Å². The molecule has 0 aromatic heterocycles. The van der Waals surface area contributed by atoms with Gasteiger partial charge in [-0.05, 0) is 95.2 Å². The number of aliphatic hydroxyl groups excluding tert-OH is 2. The summed E-state index contributed by atoms with van der Waals surface area (Å²) in [5.74, 6) is 0.353. The molecule has 0 bridgehead atoms. The fourth-order valence-electron chi connectivity index (χ4n) is 5.17. The SMILES string of the molecule is COc1ccc(OC)c(CCN(C(=O)c2ccc(C(F)(F)F)cc2)[C@@H]2CC(C(=O)NCCO)=C[C@H](Oc3ccccc3I)[C@H]2O)c1. The summed E-state index contributed by atoms with van der Waals surface area (Å²) in [5.41, 5.74) is -0.0517. The molecule has 0 heterocycles. The predicted octanol–water partition coefficient (Wildman–Crippen LogP) is 4.63. The van der Waals surface area contributed by atoms with Crippen LogP contribution >= 0.6 is 22.6 Å². The summed E-state index contributed by atoms with van der Waals surface area (Å²) in [4.78, 5) is 28.6. The highest BCUT2D eigenvalue weighted by atomic mass is 127. The average molecular weight is 755 g/mol. The fourth-order valence-corrected chi connectivity index (χ4v) is 5.68. The van der Waals surface area contributed by atoms with E-state index < -0.39 is 41.8 Å². The number of amides is 2. The number of para-hydroxylation sites is 1. The van der Waals surface area contributed by atoms with E-state index in [1.807, 2.05) is 12.1 Å². The van der Waals surface area contributed by atoms with E-state index in [9.17, 15) is 33.0 Å². The molecule has 1 aliphatic carbocycles. The first-order chi connectivity index (χ1) is 22.0. The Bertz CT molecular complexity index is 1550. The van der Waals surface area contributed by atoms with E-state index >= 15 is 0 Å². The maximum Gasteiger partial charge on any atom is 0.416 e. The largest absolute Gasteiger partial charge is 0.497 e. The van der Waals surface area contributed by atoms with Crippen LogP contribution in [0.5, 0.6) is 17.2 Å². The number of nitrogens with zero attached hydrogens (tertiary/aromatic N) is 1. The molecule has 9 nitrogen and oxygen atoms in total. The van der Waals surface area contributed by atoms with Gasteiger partial charge in [-0.3, -0.25) is 9.59 Å². The second-order valence-electron chi connectivity index (χ2n) is 10.4. The second-order valence-corrected chi connectivity index (χ2v) is 11.6. The van der Waals surface area contributed by atoms with Crippen LogP contribution in [0.25, 0.3) is 0 Å². The van der Waals surface area contributed by atoms with Crippen LogP contribution in [0.4, 0.5) is 13.2 Å². The zero-order chi connectivity index (χ0) is 33.4. The minimum absolute atomic E-state index is 0.00770. The lowest BCUT2D eigenvalue weighted by Gasteiger charge is -2.40. The lowest BCUT2D eigenvalue weighted by atomic mass is 9.87. The molecule has 46 heavy (non-hydrogen) atoms. The third kappa shape index (κ3) is 8.50. The van der Waals surface area contributed by atoms with Gasteiger partial charge in [0.15, 0.2) is 0 Å². The Hall–Kier alpha value is -3.82. The Morgan fingerprint density at radius 1 is 1.02 bits per heavy atom. The van der Waals surface area contributed by atoms with Crippen molar-refractivity contribution < 1.29 is 47.2 Å². The molecule has 0 unspecified atom stereocenters. The number of methoxy groups -OCH3 is 2. The molecule has 4 rings (SSSR count). The van der Waals surface area contributed by atoms with Crippen LogP contribution in [0.2, 0.25) is 0 Å². The third-order valence-electron chi connectivity index (χ3n) is 7.54. The van der Waals surface area contributed by atoms with Crippen LogP contribution in [0, 0.1) is 3.57 Å². The molecular formula is C33H34F3IN2O7. The minimum atomic E-state index is -4.59.